The molecule has 0 N–H and O–H groups in total. The lowest BCUT2D eigenvalue weighted by molar-refractivity contribution is -0.130. The third-order valence-electron chi connectivity index (χ3n) is 5.12. The number of piperazine rings is 1. The second-order valence-corrected chi connectivity index (χ2v) is 11.3. The van der Waals surface area contributed by atoms with Crippen LogP contribution in [0.3, 0.4) is 0 Å². The molecule has 1 fully saturated rings. The van der Waals surface area contributed by atoms with Crippen LogP contribution < -0.4 is 4.31 Å². The van der Waals surface area contributed by atoms with Crippen LogP contribution in [0.1, 0.15) is 5.56 Å². The molecule has 0 saturated carbocycles. The summed E-state index contributed by atoms with van der Waals surface area (Å²) in [4.78, 5) is 14.2. The lowest BCUT2D eigenvalue weighted by Crippen LogP contribution is -2.53. The zero-order valence-corrected chi connectivity index (χ0v) is 19.2. The molecule has 0 unspecified atom stereocenters. The first-order valence-electron chi connectivity index (χ1n) is 9.67. The third kappa shape index (κ3) is 5.25. The zero-order valence-electron chi connectivity index (χ0n) is 17.5. The Labute approximate surface area is 186 Å². The van der Waals surface area contributed by atoms with Crippen LogP contribution in [-0.4, -0.2) is 70.9 Å². The molecule has 0 aliphatic carbocycles. The van der Waals surface area contributed by atoms with E-state index in [4.69, 9.17) is 0 Å². The van der Waals surface area contributed by atoms with Crippen molar-refractivity contribution in [1.82, 2.24) is 9.21 Å². The highest BCUT2D eigenvalue weighted by Gasteiger charge is 2.31. The van der Waals surface area contributed by atoms with Gasteiger partial charge in [-0.15, -0.1) is 0 Å². The number of sulfonamides is 2. The maximum absolute atomic E-state index is 13.6. The Balaban J connectivity index is 1.70. The van der Waals surface area contributed by atoms with Gasteiger partial charge in [0.05, 0.1) is 16.8 Å². The number of hydrogen-bond acceptors (Lipinski definition) is 5. The van der Waals surface area contributed by atoms with Gasteiger partial charge in [-0.25, -0.2) is 25.6 Å². The van der Waals surface area contributed by atoms with Crippen LogP contribution in [0.15, 0.2) is 47.4 Å². The highest BCUT2D eigenvalue weighted by Crippen LogP contribution is 2.22. The van der Waals surface area contributed by atoms with Crippen molar-refractivity contribution in [2.75, 3.05) is 43.3 Å². The number of carbonyl (C=O) groups excluding carboxylic acids is 1. The van der Waals surface area contributed by atoms with E-state index >= 15 is 0 Å². The van der Waals surface area contributed by atoms with E-state index in [0.29, 0.717) is 10.4 Å². The molecule has 2 aromatic carbocycles. The Morgan fingerprint density at radius 2 is 1.53 bits per heavy atom. The summed E-state index contributed by atoms with van der Waals surface area (Å²) in [5.41, 5.74) is 0.746. The SMILES string of the molecule is Cc1ccc(S(=O)(=O)N2CCN(C(=O)CN(c3ccc(F)c(F)c3)S(C)(=O)=O)CC2)cc1. The number of carbonyl (C=O) groups is 1. The second kappa shape index (κ2) is 9.12. The van der Waals surface area contributed by atoms with Gasteiger partial charge in [0.2, 0.25) is 26.0 Å². The highest BCUT2D eigenvalue weighted by molar-refractivity contribution is 7.92. The van der Waals surface area contributed by atoms with Crippen LogP contribution in [0.25, 0.3) is 0 Å². The van der Waals surface area contributed by atoms with Crippen molar-refractivity contribution in [3.8, 4) is 0 Å². The van der Waals surface area contributed by atoms with E-state index in [2.05, 4.69) is 0 Å². The van der Waals surface area contributed by atoms with Crippen LogP contribution >= 0.6 is 0 Å². The summed E-state index contributed by atoms with van der Waals surface area (Å²) in [6.07, 6.45) is 0.855. The van der Waals surface area contributed by atoms with Gasteiger partial charge in [-0.2, -0.15) is 4.31 Å². The van der Waals surface area contributed by atoms with Crippen LogP contribution in [0.5, 0.6) is 0 Å². The summed E-state index contributed by atoms with van der Waals surface area (Å²) >= 11 is 0. The summed E-state index contributed by atoms with van der Waals surface area (Å²) < 4.78 is 78.7. The Morgan fingerprint density at radius 1 is 0.938 bits per heavy atom. The first-order chi connectivity index (χ1) is 14.9. The number of aryl methyl sites for hydroxylation is 1. The largest absolute Gasteiger partial charge is 0.338 e. The molecule has 32 heavy (non-hydrogen) atoms. The Hall–Kier alpha value is -2.57. The molecule has 0 bridgehead atoms. The number of nitrogens with zero attached hydrogens (tertiary/aromatic N) is 3. The van der Waals surface area contributed by atoms with Crippen molar-refractivity contribution >= 4 is 31.6 Å². The molecule has 0 radical (unpaired) electrons. The van der Waals surface area contributed by atoms with Gasteiger partial charge < -0.3 is 4.90 Å². The summed E-state index contributed by atoms with van der Waals surface area (Å²) in [5.74, 6) is -2.95. The van der Waals surface area contributed by atoms with Crippen LogP contribution in [-0.2, 0) is 24.8 Å². The van der Waals surface area contributed by atoms with E-state index in [1.54, 1.807) is 12.1 Å². The molecule has 174 valence electrons. The minimum absolute atomic E-state index is 0.0476. The first kappa shape index (κ1) is 24.1. The Kier molecular flexibility index (Phi) is 6.86. The van der Waals surface area contributed by atoms with Crippen molar-refractivity contribution < 1.29 is 30.4 Å². The molecule has 1 aliphatic rings. The maximum atomic E-state index is 13.6. The van der Waals surface area contributed by atoms with Crippen molar-refractivity contribution in [2.24, 2.45) is 0 Å². The van der Waals surface area contributed by atoms with Gasteiger partial charge in [-0.1, -0.05) is 17.7 Å². The van der Waals surface area contributed by atoms with Gasteiger partial charge in [-0.05, 0) is 31.2 Å². The summed E-state index contributed by atoms with van der Waals surface area (Å²) in [7, 11) is -7.68. The van der Waals surface area contributed by atoms with Gasteiger partial charge in [-0.3, -0.25) is 9.10 Å². The minimum Gasteiger partial charge on any atom is -0.338 e. The van der Waals surface area contributed by atoms with E-state index in [1.165, 1.54) is 21.3 Å². The lowest BCUT2D eigenvalue weighted by atomic mass is 10.2. The van der Waals surface area contributed by atoms with Crippen molar-refractivity contribution in [3.05, 3.63) is 59.7 Å². The van der Waals surface area contributed by atoms with Crippen molar-refractivity contribution in [2.45, 2.75) is 11.8 Å². The topological polar surface area (TPSA) is 95.1 Å². The van der Waals surface area contributed by atoms with Gasteiger partial charge in [0.15, 0.2) is 11.6 Å². The second-order valence-electron chi connectivity index (χ2n) is 7.47. The summed E-state index contributed by atoms with van der Waals surface area (Å²) in [5, 5.41) is 0. The standard InChI is InChI=1S/C20H23F2N3O5S2/c1-15-3-6-17(7-4-15)32(29,30)24-11-9-23(10-12-24)20(26)14-25(31(2,27)28)16-5-8-18(21)19(22)13-16/h3-8,13H,9-12,14H2,1-2H3. The normalized spacial score (nSPS) is 15.6. The smallest absolute Gasteiger partial charge is 0.243 e. The molecule has 1 amide bonds. The van der Waals surface area contributed by atoms with Gasteiger partial charge >= 0.3 is 0 Å². The van der Waals surface area contributed by atoms with E-state index in [-0.39, 0.29) is 36.8 Å². The molecular formula is C20H23F2N3O5S2. The minimum atomic E-state index is -3.96. The predicted molar refractivity (Wildman–Crippen MR) is 115 cm³/mol. The summed E-state index contributed by atoms with van der Waals surface area (Å²) in [6, 6.07) is 8.99. The van der Waals surface area contributed by atoms with Gasteiger partial charge in [0.1, 0.15) is 6.54 Å². The first-order valence-corrected chi connectivity index (χ1v) is 13.0. The fourth-order valence-electron chi connectivity index (χ4n) is 3.30. The van der Waals surface area contributed by atoms with E-state index in [0.717, 1.165) is 24.0 Å². The zero-order chi connectivity index (χ0) is 23.7. The molecule has 2 aromatic rings. The third-order valence-corrected chi connectivity index (χ3v) is 8.17. The Morgan fingerprint density at radius 3 is 2.06 bits per heavy atom. The molecular weight excluding hydrogens is 464 g/mol. The number of amides is 1. The number of halogens is 2. The lowest BCUT2D eigenvalue weighted by Gasteiger charge is -2.35. The van der Waals surface area contributed by atoms with Crippen LogP contribution in [0.2, 0.25) is 0 Å². The average molecular weight is 488 g/mol. The Bertz CT molecular complexity index is 1210. The predicted octanol–water partition coefficient (Wildman–Crippen LogP) is 1.57. The molecule has 0 aromatic heterocycles. The molecule has 8 nitrogen and oxygen atoms in total. The number of benzene rings is 2. The molecule has 1 saturated heterocycles. The molecule has 1 aliphatic heterocycles. The fraction of sp³-hybridized carbons (Fsp3) is 0.350. The van der Waals surface area contributed by atoms with Gasteiger partial charge in [0, 0.05) is 32.2 Å². The number of hydrogen-bond donors (Lipinski definition) is 0. The quantitative estimate of drug-likeness (QED) is 0.617. The van der Waals surface area contributed by atoms with Crippen molar-refractivity contribution in [1.29, 1.82) is 0 Å². The molecule has 1 heterocycles. The summed E-state index contributed by atoms with van der Waals surface area (Å²) in [6.45, 7) is 1.46. The number of anilines is 1. The van der Waals surface area contributed by atoms with E-state index in [9.17, 15) is 30.4 Å². The highest BCUT2D eigenvalue weighted by atomic mass is 32.2. The van der Waals surface area contributed by atoms with Gasteiger partial charge in [0.25, 0.3) is 0 Å². The molecule has 12 heteroatoms. The van der Waals surface area contributed by atoms with Crippen molar-refractivity contribution in [3.63, 3.8) is 0 Å². The monoisotopic (exact) mass is 487 g/mol. The maximum Gasteiger partial charge on any atom is 0.243 e. The number of rotatable bonds is 6. The molecule has 3 rings (SSSR count). The fourth-order valence-corrected chi connectivity index (χ4v) is 5.56. The van der Waals surface area contributed by atoms with Crippen LogP contribution in [0, 0.1) is 18.6 Å². The van der Waals surface area contributed by atoms with Crippen LogP contribution in [0.4, 0.5) is 14.5 Å². The van der Waals surface area contributed by atoms with E-state index in [1.807, 2.05) is 6.92 Å². The van der Waals surface area contributed by atoms with E-state index < -0.39 is 44.1 Å². The molecule has 0 spiro atoms. The molecule has 0 atom stereocenters. The average Bonchev–Trinajstić information content (AvgIpc) is 2.73.